The third kappa shape index (κ3) is 4.34. The average molecular weight is 373 g/mol. The predicted molar refractivity (Wildman–Crippen MR) is 100 cm³/mol. The number of hydrogen-bond donors (Lipinski definition) is 0. The van der Waals surface area contributed by atoms with E-state index in [1.807, 2.05) is 44.2 Å². The normalized spacial score (nSPS) is 11.6. The van der Waals surface area contributed by atoms with Crippen molar-refractivity contribution in [3.8, 4) is 10.6 Å². The topological polar surface area (TPSA) is 56.3 Å². The molecule has 0 amide bonds. The van der Waals surface area contributed by atoms with Gasteiger partial charge in [0.25, 0.3) is 10.1 Å². The van der Waals surface area contributed by atoms with Gasteiger partial charge in [-0.3, -0.25) is 4.18 Å². The van der Waals surface area contributed by atoms with Crippen molar-refractivity contribution in [1.82, 2.24) is 4.98 Å². The van der Waals surface area contributed by atoms with Crippen LogP contribution in [0.2, 0.25) is 0 Å². The van der Waals surface area contributed by atoms with Gasteiger partial charge < -0.3 is 0 Å². The smallest absolute Gasteiger partial charge is 0.266 e. The highest BCUT2D eigenvalue weighted by atomic mass is 32.2. The maximum absolute atomic E-state index is 12.2. The largest absolute Gasteiger partial charge is 0.296 e. The van der Waals surface area contributed by atoms with E-state index in [-0.39, 0.29) is 11.5 Å². The Morgan fingerprint density at radius 3 is 2.36 bits per heavy atom. The Balaban J connectivity index is 1.66. The summed E-state index contributed by atoms with van der Waals surface area (Å²) in [6.07, 6.45) is 0.459. The van der Waals surface area contributed by atoms with E-state index in [2.05, 4.69) is 4.98 Å². The van der Waals surface area contributed by atoms with Gasteiger partial charge in [0, 0.05) is 16.9 Å². The highest BCUT2D eigenvalue weighted by molar-refractivity contribution is 7.86. The first-order chi connectivity index (χ1) is 12.0. The number of aromatic nitrogens is 1. The molecule has 6 heteroatoms. The molecule has 0 saturated heterocycles. The van der Waals surface area contributed by atoms with Crippen molar-refractivity contribution >= 4 is 21.5 Å². The summed E-state index contributed by atoms with van der Waals surface area (Å²) < 4.78 is 29.6. The number of rotatable bonds is 6. The highest BCUT2D eigenvalue weighted by Crippen LogP contribution is 2.27. The van der Waals surface area contributed by atoms with Crippen LogP contribution in [0.25, 0.3) is 10.6 Å². The monoisotopic (exact) mass is 373 g/mol. The molecule has 0 fully saturated rings. The summed E-state index contributed by atoms with van der Waals surface area (Å²) in [6.45, 7) is 3.98. The fraction of sp³-hybridized carbons (Fsp3) is 0.211. The molecule has 0 spiro atoms. The molecule has 0 saturated carbocycles. The van der Waals surface area contributed by atoms with Crippen molar-refractivity contribution in [1.29, 1.82) is 0 Å². The Kier molecular flexibility index (Phi) is 5.32. The number of nitrogens with zero attached hydrogens (tertiary/aromatic N) is 1. The van der Waals surface area contributed by atoms with Crippen LogP contribution in [-0.2, 0) is 20.7 Å². The molecule has 0 bridgehead atoms. The lowest BCUT2D eigenvalue weighted by Gasteiger charge is -2.05. The van der Waals surface area contributed by atoms with E-state index in [4.69, 9.17) is 4.18 Å². The Morgan fingerprint density at radius 2 is 1.68 bits per heavy atom. The summed E-state index contributed by atoms with van der Waals surface area (Å²) in [4.78, 5) is 5.89. The van der Waals surface area contributed by atoms with Gasteiger partial charge in [0.15, 0.2) is 0 Å². The van der Waals surface area contributed by atoms with E-state index in [0.29, 0.717) is 6.42 Å². The van der Waals surface area contributed by atoms with Crippen LogP contribution < -0.4 is 0 Å². The van der Waals surface area contributed by atoms with Crippen LogP contribution in [0.1, 0.15) is 16.1 Å². The number of thiazole rings is 1. The van der Waals surface area contributed by atoms with Crippen LogP contribution in [0, 0.1) is 13.8 Å². The molecule has 0 aliphatic carbocycles. The third-order valence-electron chi connectivity index (χ3n) is 3.80. The molecule has 0 unspecified atom stereocenters. The lowest BCUT2D eigenvalue weighted by atomic mass is 10.2. The van der Waals surface area contributed by atoms with E-state index >= 15 is 0 Å². The van der Waals surface area contributed by atoms with Gasteiger partial charge in [-0.15, -0.1) is 11.3 Å². The van der Waals surface area contributed by atoms with Crippen molar-refractivity contribution < 1.29 is 12.6 Å². The Bertz CT molecular complexity index is 946. The first-order valence-corrected chi connectivity index (χ1v) is 10.2. The Morgan fingerprint density at radius 1 is 1.00 bits per heavy atom. The zero-order chi connectivity index (χ0) is 17.9. The first-order valence-electron chi connectivity index (χ1n) is 7.93. The fourth-order valence-corrected chi connectivity index (χ4v) is 4.26. The minimum Gasteiger partial charge on any atom is -0.266 e. The highest BCUT2D eigenvalue weighted by Gasteiger charge is 2.16. The first kappa shape index (κ1) is 17.8. The number of benzene rings is 2. The van der Waals surface area contributed by atoms with Crippen LogP contribution in [0.3, 0.4) is 0 Å². The van der Waals surface area contributed by atoms with Crippen molar-refractivity contribution in [2.45, 2.75) is 25.2 Å². The van der Waals surface area contributed by atoms with E-state index in [0.717, 1.165) is 26.7 Å². The van der Waals surface area contributed by atoms with Gasteiger partial charge in [0.2, 0.25) is 0 Å². The molecule has 0 aliphatic heterocycles. The molecule has 25 heavy (non-hydrogen) atoms. The van der Waals surface area contributed by atoms with Crippen LogP contribution in [0.15, 0.2) is 59.5 Å². The molecule has 0 aliphatic rings. The van der Waals surface area contributed by atoms with Crippen molar-refractivity contribution in [2.24, 2.45) is 0 Å². The molecule has 3 aromatic rings. The lowest BCUT2D eigenvalue weighted by molar-refractivity contribution is 0.321. The van der Waals surface area contributed by atoms with Gasteiger partial charge in [-0.1, -0.05) is 48.0 Å². The maximum atomic E-state index is 12.2. The van der Waals surface area contributed by atoms with E-state index in [9.17, 15) is 8.42 Å². The van der Waals surface area contributed by atoms with Crippen LogP contribution in [0.4, 0.5) is 0 Å². The quantitative estimate of drug-likeness (QED) is 0.602. The molecule has 0 N–H and O–H groups in total. The van der Waals surface area contributed by atoms with Gasteiger partial charge in [-0.25, -0.2) is 4.98 Å². The molecule has 0 atom stereocenters. The molecule has 1 aromatic heterocycles. The van der Waals surface area contributed by atoms with Gasteiger partial charge in [0.05, 0.1) is 17.2 Å². The van der Waals surface area contributed by atoms with Gasteiger partial charge in [-0.2, -0.15) is 8.42 Å². The lowest BCUT2D eigenvalue weighted by Crippen LogP contribution is -2.09. The minimum atomic E-state index is -3.73. The molecule has 3 rings (SSSR count). The van der Waals surface area contributed by atoms with E-state index in [1.165, 1.54) is 0 Å². The zero-order valence-corrected chi connectivity index (χ0v) is 15.7. The molecule has 130 valence electrons. The second-order valence-electron chi connectivity index (χ2n) is 5.73. The summed E-state index contributed by atoms with van der Waals surface area (Å²) in [5.74, 6) is 0. The van der Waals surface area contributed by atoms with E-state index < -0.39 is 10.1 Å². The number of aryl methyl sites for hydroxylation is 2. The standard InChI is InChI=1S/C19H19NO3S2/c1-14-8-10-17(11-9-14)25(21,22)23-13-12-18-15(2)24-19(20-18)16-6-4-3-5-7-16/h3-11H,12-13H2,1-2H3. The van der Waals surface area contributed by atoms with Gasteiger partial charge >= 0.3 is 0 Å². The minimum absolute atomic E-state index is 0.0784. The summed E-state index contributed by atoms with van der Waals surface area (Å²) >= 11 is 1.61. The van der Waals surface area contributed by atoms with Gasteiger partial charge in [-0.05, 0) is 26.0 Å². The Hall–Kier alpha value is -2.02. The maximum Gasteiger partial charge on any atom is 0.296 e. The molecule has 0 radical (unpaired) electrons. The summed E-state index contributed by atoms with van der Waals surface area (Å²) in [7, 11) is -3.73. The second-order valence-corrected chi connectivity index (χ2v) is 8.55. The van der Waals surface area contributed by atoms with Crippen LogP contribution in [0.5, 0.6) is 0 Å². The average Bonchev–Trinajstić information content (AvgIpc) is 2.97. The van der Waals surface area contributed by atoms with Crippen molar-refractivity contribution in [3.05, 3.63) is 70.7 Å². The predicted octanol–water partition coefficient (Wildman–Crippen LogP) is 4.37. The summed E-state index contributed by atoms with van der Waals surface area (Å²) in [5, 5.41) is 0.939. The molecule has 1 heterocycles. The summed E-state index contributed by atoms with van der Waals surface area (Å²) in [6, 6.07) is 16.6. The second kappa shape index (κ2) is 7.47. The van der Waals surface area contributed by atoms with Gasteiger partial charge in [0.1, 0.15) is 5.01 Å². The molecular weight excluding hydrogens is 354 g/mol. The van der Waals surface area contributed by atoms with Crippen LogP contribution in [-0.4, -0.2) is 20.0 Å². The van der Waals surface area contributed by atoms with Crippen LogP contribution >= 0.6 is 11.3 Å². The van der Waals surface area contributed by atoms with Crippen molar-refractivity contribution in [2.75, 3.05) is 6.61 Å². The van der Waals surface area contributed by atoms with Crippen molar-refractivity contribution in [3.63, 3.8) is 0 Å². The third-order valence-corrected chi connectivity index (χ3v) is 6.19. The number of hydrogen-bond acceptors (Lipinski definition) is 5. The SMILES string of the molecule is Cc1ccc(S(=O)(=O)OCCc2nc(-c3ccccc3)sc2C)cc1. The molecule has 4 nitrogen and oxygen atoms in total. The molecule has 2 aromatic carbocycles. The Labute approximate surface area is 152 Å². The summed E-state index contributed by atoms with van der Waals surface area (Å²) in [5.41, 5.74) is 2.95. The van der Waals surface area contributed by atoms with E-state index in [1.54, 1.807) is 35.6 Å². The molecular formula is C19H19NO3S2. The zero-order valence-electron chi connectivity index (χ0n) is 14.1. The fourth-order valence-electron chi connectivity index (χ4n) is 2.39.